The van der Waals surface area contributed by atoms with Crippen molar-refractivity contribution < 1.29 is 9.47 Å². The first-order chi connectivity index (χ1) is 10.2. The lowest BCUT2D eigenvalue weighted by molar-refractivity contribution is -0.0117. The van der Waals surface area contributed by atoms with Crippen molar-refractivity contribution in [3.05, 3.63) is 22.4 Å². The van der Waals surface area contributed by atoms with Gasteiger partial charge >= 0.3 is 0 Å². The molecule has 2 atom stereocenters. The quantitative estimate of drug-likeness (QED) is 0.829. The van der Waals surface area contributed by atoms with Gasteiger partial charge in [0.05, 0.1) is 42.9 Å². The van der Waals surface area contributed by atoms with Gasteiger partial charge in [0.15, 0.2) is 0 Å². The fraction of sp³-hybridized carbons (Fsp3) is 0.667. The minimum atomic E-state index is -0.00276. The van der Waals surface area contributed by atoms with Crippen LogP contribution in [0, 0.1) is 0 Å². The van der Waals surface area contributed by atoms with Gasteiger partial charge in [0.1, 0.15) is 0 Å². The normalized spacial score (nSPS) is 24.7. The highest BCUT2D eigenvalue weighted by Crippen LogP contribution is 2.28. The van der Waals surface area contributed by atoms with Crippen LogP contribution in [0.5, 0.6) is 0 Å². The first-order valence-electron chi connectivity index (χ1n) is 7.44. The molecule has 0 radical (unpaired) electrons. The zero-order chi connectivity index (χ0) is 14.8. The number of aromatic nitrogens is 1. The second kappa shape index (κ2) is 6.60. The van der Waals surface area contributed by atoms with Crippen LogP contribution in [-0.2, 0) is 9.47 Å². The number of anilines is 1. The molecule has 0 bridgehead atoms. The van der Waals surface area contributed by atoms with E-state index in [2.05, 4.69) is 36.8 Å². The summed E-state index contributed by atoms with van der Waals surface area (Å²) in [5.41, 5.74) is 2.11. The van der Waals surface area contributed by atoms with E-state index in [1.165, 1.54) is 5.69 Å². The SMILES string of the molecule is CO[C@@H](C)c1ncc(N2CCN3CCOCC3C2)cc1Br. The Bertz CT molecular complexity index is 500. The number of hydrogen-bond acceptors (Lipinski definition) is 5. The Labute approximate surface area is 134 Å². The minimum absolute atomic E-state index is 0.00276. The highest BCUT2D eigenvalue weighted by molar-refractivity contribution is 9.10. The molecular weight excluding hydrogens is 334 g/mol. The van der Waals surface area contributed by atoms with Crippen molar-refractivity contribution in [2.24, 2.45) is 0 Å². The van der Waals surface area contributed by atoms with Crippen LogP contribution in [0.15, 0.2) is 16.7 Å². The van der Waals surface area contributed by atoms with E-state index in [9.17, 15) is 0 Å². The molecule has 21 heavy (non-hydrogen) atoms. The van der Waals surface area contributed by atoms with E-state index < -0.39 is 0 Å². The van der Waals surface area contributed by atoms with E-state index in [1.807, 2.05) is 13.1 Å². The van der Waals surface area contributed by atoms with Crippen LogP contribution in [-0.4, -0.2) is 62.4 Å². The lowest BCUT2D eigenvalue weighted by Crippen LogP contribution is -2.58. The average molecular weight is 356 g/mol. The Hall–Kier alpha value is -0.690. The van der Waals surface area contributed by atoms with Gasteiger partial charge in [0.25, 0.3) is 0 Å². The number of halogens is 1. The van der Waals surface area contributed by atoms with Crippen molar-refractivity contribution in [2.45, 2.75) is 19.1 Å². The molecule has 2 fully saturated rings. The van der Waals surface area contributed by atoms with Gasteiger partial charge in [0, 0.05) is 37.8 Å². The lowest BCUT2D eigenvalue weighted by Gasteiger charge is -2.44. The van der Waals surface area contributed by atoms with Crippen LogP contribution in [0.1, 0.15) is 18.7 Å². The van der Waals surface area contributed by atoms with Gasteiger partial charge in [-0.15, -0.1) is 0 Å². The van der Waals surface area contributed by atoms with E-state index in [1.54, 1.807) is 7.11 Å². The summed E-state index contributed by atoms with van der Waals surface area (Å²) in [6, 6.07) is 2.65. The van der Waals surface area contributed by atoms with Gasteiger partial charge in [-0.2, -0.15) is 0 Å². The van der Waals surface area contributed by atoms with Crippen molar-refractivity contribution >= 4 is 21.6 Å². The molecule has 6 heteroatoms. The first kappa shape index (κ1) is 15.2. The van der Waals surface area contributed by atoms with Gasteiger partial charge in [0.2, 0.25) is 0 Å². The second-order valence-corrected chi connectivity index (χ2v) is 6.50. The molecule has 0 aromatic carbocycles. The molecule has 1 aromatic heterocycles. The summed E-state index contributed by atoms with van der Waals surface area (Å²) in [6.45, 7) is 7.92. The third-order valence-corrected chi connectivity index (χ3v) is 5.03. The molecule has 1 unspecified atom stereocenters. The van der Waals surface area contributed by atoms with Gasteiger partial charge in [-0.1, -0.05) is 0 Å². The third-order valence-electron chi connectivity index (χ3n) is 4.40. The lowest BCUT2D eigenvalue weighted by atomic mass is 10.1. The summed E-state index contributed by atoms with van der Waals surface area (Å²) in [7, 11) is 1.70. The zero-order valence-corrected chi connectivity index (χ0v) is 14.2. The number of hydrogen-bond donors (Lipinski definition) is 0. The van der Waals surface area contributed by atoms with Crippen molar-refractivity contribution in [2.75, 3.05) is 51.4 Å². The Morgan fingerprint density at radius 3 is 3.05 bits per heavy atom. The molecule has 3 rings (SSSR count). The van der Waals surface area contributed by atoms with E-state index in [-0.39, 0.29) is 6.10 Å². The number of nitrogens with zero attached hydrogens (tertiary/aromatic N) is 3. The van der Waals surface area contributed by atoms with Crippen LogP contribution >= 0.6 is 15.9 Å². The number of fused-ring (bicyclic) bond motifs is 1. The second-order valence-electron chi connectivity index (χ2n) is 5.65. The highest BCUT2D eigenvalue weighted by Gasteiger charge is 2.30. The van der Waals surface area contributed by atoms with Crippen LogP contribution in [0.4, 0.5) is 5.69 Å². The molecule has 2 aliphatic rings. The number of morpholine rings is 1. The van der Waals surface area contributed by atoms with E-state index in [0.29, 0.717) is 6.04 Å². The summed E-state index contributed by atoms with van der Waals surface area (Å²) >= 11 is 3.62. The fourth-order valence-corrected chi connectivity index (χ4v) is 3.66. The predicted octanol–water partition coefficient (Wildman–Crippen LogP) is 2.07. The highest BCUT2D eigenvalue weighted by atomic mass is 79.9. The standard InChI is InChI=1S/C15H22BrN3O2/c1-11(20-2)15-14(16)7-12(8-17-15)19-4-3-18-5-6-21-10-13(18)9-19/h7-8,11,13H,3-6,9-10H2,1-2H3/t11-,13?/m0/s1. The summed E-state index contributed by atoms with van der Waals surface area (Å²) in [5, 5.41) is 0. The Kier molecular flexibility index (Phi) is 4.78. The van der Waals surface area contributed by atoms with E-state index >= 15 is 0 Å². The summed E-state index contributed by atoms with van der Waals surface area (Å²) < 4.78 is 12.0. The van der Waals surface area contributed by atoms with Gasteiger partial charge in [-0.3, -0.25) is 9.88 Å². The minimum Gasteiger partial charge on any atom is -0.378 e. The van der Waals surface area contributed by atoms with Crippen molar-refractivity contribution in [1.29, 1.82) is 0 Å². The largest absolute Gasteiger partial charge is 0.378 e. The van der Waals surface area contributed by atoms with Crippen LogP contribution in [0.25, 0.3) is 0 Å². The summed E-state index contributed by atoms with van der Waals surface area (Å²) in [6.07, 6.45) is 1.95. The number of piperazine rings is 1. The molecule has 0 saturated carbocycles. The molecule has 2 aliphatic heterocycles. The molecule has 116 valence electrons. The van der Waals surface area contributed by atoms with Gasteiger partial charge < -0.3 is 14.4 Å². The molecule has 5 nitrogen and oxygen atoms in total. The van der Waals surface area contributed by atoms with Crippen LogP contribution in [0.2, 0.25) is 0 Å². The van der Waals surface area contributed by atoms with E-state index in [0.717, 1.165) is 49.6 Å². The number of rotatable bonds is 3. The maximum absolute atomic E-state index is 5.60. The maximum Gasteiger partial charge on any atom is 0.0974 e. The molecule has 1 aromatic rings. The molecule has 0 aliphatic carbocycles. The first-order valence-corrected chi connectivity index (χ1v) is 8.23. The average Bonchev–Trinajstić information content (AvgIpc) is 2.53. The van der Waals surface area contributed by atoms with Crippen molar-refractivity contribution in [1.82, 2.24) is 9.88 Å². The monoisotopic (exact) mass is 355 g/mol. The summed E-state index contributed by atoms with van der Waals surface area (Å²) in [5.74, 6) is 0. The molecular formula is C15H22BrN3O2. The van der Waals surface area contributed by atoms with E-state index in [4.69, 9.17) is 9.47 Å². The maximum atomic E-state index is 5.60. The Morgan fingerprint density at radius 1 is 1.43 bits per heavy atom. The third kappa shape index (κ3) is 3.23. The molecule has 0 amide bonds. The zero-order valence-electron chi connectivity index (χ0n) is 12.6. The van der Waals surface area contributed by atoms with Gasteiger partial charge in [-0.25, -0.2) is 0 Å². The smallest absolute Gasteiger partial charge is 0.0974 e. The Balaban J connectivity index is 1.73. The van der Waals surface area contributed by atoms with Crippen molar-refractivity contribution in [3.63, 3.8) is 0 Å². The topological polar surface area (TPSA) is 37.8 Å². The fourth-order valence-electron chi connectivity index (χ4n) is 3.00. The molecule has 3 heterocycles. The number of ether oxygens (including phenoxy) is 2. The molecule has 0 N–H and O–H groups in total. The van der Waals surface area contributed by atoms with Crippen LogP contribution in [0.3, 0.4) is 0 Å². The number of methoxy groups -OCH3 is 1. The predicted molar refractivity (Wildman–Crippen MR) is 85.8 cm³/mol. The summed E-state index contributed by atoms with van der Waals surface area (Å²) in [4.78, 5) is 9.50. The van der Waals surface area contributed by atoms with Gasteiger partial charge in [-0.05, 0) is 28.9 Å². The number of pyridine rings is 1. The van der Waals surface area contributed by atoms with Crippen molar-refractivity contribution in [3.8, 4) is 0 Å². The molecule has 2 saturated heterocycles. The molecule has 0 spiro atoms. The Morgan fingerprint density at radius 2 is 2.29 bits per heavy atom. The van der Waals surface area contributed by atoms with Crippen LogP contribution < -0.4 is 4.90 Å².